The molecule has 0 aliphatic rings. The predicted molar refractivity (Wildman–Crippen MR) is 42.7 cm³/mol. The third-order valence-electron chi connectivity index (χ3n) is 1.14. The van der Waals surface area contributed by atoms with Crippen LogP contribution in [-0.2, 0) is 11.3 Å². The van der Waals surface area contributed by atoms with Crippen molar-refractivity contribution in [3.63, 3.8) is 0 Å². The molecule has 3 heteroatoms. The summed E-state index contributed by atoms with van der Waals surface area (Å²) in [5.74, 6) is 0. The van der Waals surface area contributed by atoms with Crippen molar-refractivity contribution in [2.24, 2.45) is 0 Å². The Balaban J connectivity index is 2.81. The summed E-state index contributed by atoms with van der Waals surface area (Å²) in [6.45, 7) is 0.606. The lowest BCUT2D eigenvalue weighted by atomic mass is 10.3. The molecule has 0 saturated heterocycles. The molecule has 0 bridgehead atoms. The molecule has 0 aliphatic heterocycles. The normalized spacial score (nSPS) is 9.80. The summed E-state index contributed by atoms with van der Waals surface area (Å²) < 4.78 is 5.98. The summed E-state index contributed by atoms with van der Waals surface area (Å²) in [7, 11) is 1.67. The van der Waals surface area contributed by atoms with E-state index in [0.29, 0.717) is 6.61 Å². The van der Waals surface area contributed by atoms with Gasteiger partial charge in [0.05, 0.1) is 6.61 Å². The van der Waals surface area contributed by atoms with Gasteiger partial charge in [0.2, 0.25) is 0 Å². The molecule has 0 fully saturated rings. The Labute approximate surface area is 68.4 Å². The topological polar surface area (TPSA) is 22.1 Å². The molecule has 0 radical (unpaired) electrons. The van der Waals surface area contributed by atoms with E-state index < -0.39 is 0 Å². The Kier molecular flexibility index (Phi) is 2.83. The van der Waals surface area contributed by atoms with Crippen LogP contribution < -0.4 is 0 Å². The first kappa shape index (κ1) is 7.69. The van der Waals surface area contributed by atoms with Gasteiger partial charge in [-0.15, -0.1) is 0 Å². The molecule has 2 nitrogen and oxygen atoms in total. The highest BCUT2D eigenvalue weighted by Gasteiger charge is 1.95. The summed E-state index contributed by atoms with van der Waals surface area (Å²) in [6, 6.07) is 1.90. The Morgan fingerprint density at radius 3 is 3.10 bits per heavy atom. The zero-order valence-electron chi connectivity index (χ0n) is 5.67. The molecular weight excluding hydrogens is 194 g/mol. The van der Waals surface area contributed by atoms with Crippen LogP contribution in [0, 0.1) is 0 Å². The molecule has 0 aromatic carbocycles. The second-order valence-electron chi connectivity index (χ2n) is 1.90. The average Bonchev–Trinajstić information content (AvgIpc) is 1.94. The monoisotopic (exact) mass is 201 g/mol. The van der Waals surface area contributed by atoms with E-state index in [4.69, 9.17) is 4.74 Å². The number of rotatable bonds is 2. The molecule has 1 aromatic heterocycles. The van der Waals surface area contributed by atoms with E-state index in [-0.39, 0.29) is 0 Å². The van der Waals surface area contributed by atoms with Crippen LogP contribution in [0.4, 0.5) is 0 Å². The second kappa shape index (κ2) is 3.68. The van der Waals surface area contributed by atoms with Crippen molar-refractivity contribution in [2.75, 3.05) is 7.11 Å². The van der Waals surface area contributed by atoms with Crippen LogP contribution in [0.5, 0.6) is 0 Å². The molecule has 1 rings (SSSR count). The highest BCUT2D eigenvalue weighted by Crippen LogP contribution is 2.14. The summed E-state index contributed by atoms with van der Waals surface area (Å²) in [5, 5.41) is 0. The molecule has 0 atom stereocenters. The first-order valence-electron chi connectivity index (χ1n) is 2.92. The lowest BCUT2D eigenvalue weighted by Gasteiger charge is -1.99. The quantitative estimate of drug-likeness (QED) is 0.731. The van der Waals surface area contributed by atoms with E-state index in [0.717, 1.165) is 10.0 Å². The van der Waals surface area contributed by atoms with Crippen LogP contribution in [0.3, 0.4) is 0 Å². The van der Waals surface area contributed by atoms with E-state index in [9.17, 15) is 0 Å². The first-order valence-corrected chi connectivity index (χ1v) is 3.71. The van der Waals surface area contributed by atoms with Gasteiger partial charge in [0.1, 0.15) is 0 Å². The zero-order valence-corrected chi connectivity index (χ0v) is 7.26. The van der Waals surface area contributed by atoms with Crippen molar-refractivity contribution in [1.29, 1.82) is 0 Å². The average molecular weight is 202 g/mol. The minimum absolute atomic E-state index is 0.606. The molecule has 1 heterocycles. The highest BCUT2D eigenvalue weighted by atomic mass is 79.9. The molecule has 0 aliphatic carbocycles. The lowest BCUT2D eigenvalue weighted by molar-refractivity contribution is 0.184. The maximum Gasteiger partial charge on any atom is 0.0739 e. The third kappa shape index (κ3) is 1.78. The largest absolute Gasteiger partial charge is 0.380 e. The maximum absolute atomic E-state index is 4.94. The fourth-order valence-electron chi connectivity index (χ4n) is 0.672. The lowest BCUT2D eigenvalue weighted by Crippen LogP contribution is -1.89. The van der Waals surface area contributed by atoms with Crippen LogP contribution in [0.2, 0.25) is 0 Å². The van der Waals surface area contributed by atoms with E-state index in [1.165, 1.54) is 0 Å². The fourth-order valence-corrected chi connectivity index (χ4v) is 1.01. The van der Waals surface area contributed by atoms with Gasteiger partial charge in [0, 0.05) is 29.5 Å². The number of hydrogen-bond donors (Lipinski definition) is 0. The molecule has 0 N–H and O–H groups in total. The second-order valence-corrected chi connectivity index (χ2v) is 2.75. The first-order chi connectivity index (χ1) is 4.84. The minimum Gasteiger partial charge on any atom is -0.380 e. The number of hydrogen-bond acceptors (Lipinski definition) is 2. The minimum atomic E-state index is 0.606. The number of halogens is 1. The van der Waals surface area contributed by atoms with Crippen LogP contribution in [-0.4, -0.2) is 12.1 Å². The van der Waals surface area contributed by atoms with Gasteiger partial charge in [-0.1, -0.05) is 15.9 Å². The van der Waals surface area contributed by atoms with Crippen LogP contribution in [0.25, 0.3) is 0 Å². The standard InChI is InChI=1S/C7H8BrNO/c1-10-5-6-4-9-3-2-7(6)8/h2-4H,5H2,1H3. The van der Waals surface area contributed by atoms with E-state index >= 15 is 0 Å². The molecular formula is C7H8BrNO. The van der Waals surface area contributed by atoms with Crippen molar-refractivity contribution < 1.29 is 4.74 Å². The number of nitrogens with zero attached hydrogens (tertiary/aromatic N) is 1. The molecule has 0 amide bonds. The molecule has 0 saturated carbocycles. The Morgan fingerprint density at radius 2 is 2.50 bits per heavy atom. The third-order valence-corrected chi connectivity index (χ3v) is 1.92. The summed E-state index contributed by atoms with van der Waals surface area (Å²) in [4.78, 5) is 3.95. The summed E-state index contributed by atoms with van der Waals surface area (Å²) >= 11 is 3.38. The summed E-state index contributed by atoms with van der Waals surface area (Å²) in [5.41, 5.74) is 1.07. The Bertz CT molecular complexity index is 215. The predicted octanol–water partition coefficient (Wildman–Crippen LogP) is 1.99. The molecule has 54 valence electrons. The van der Waals surface area contributed by atoms with Crippen LogP contribution in [0.1, 0.15) is 5.56 Å². The summed E-state index contributed by atoms with van der Waals surface area (Å²) in [6.07, 6.45) is 3.52. The van der Waals surface area contributed by atoms with E-state index in [1.807, 2.05) is 6.07 Å². The molecule has 1 aromatic rings. The van der Waals surface area contributed by atoms with Crippen molar-refractivity contribution in [2.45, 2.75) is 6.61 Å². The van der Waals surface area contributed by atoms with Crippen LogP contribution in [0.15, 0.2) is 22.9 Å². The van der Waals surface area contributed by atoms with Crippen molar-refractivity contribution in [3.8, 4) is 0 Å². The zero-order chi connectivity index (χ0) is 7.40. The van der Waals surface area contributed by atoms with Gasteiger partial charge in [0.15, 0.2) is 0 Å². The number of aromatic nitrogens is 1. The van der Waals surface area contributed by atoms with Gasteiger partial charge in [0.25, 0.3) is 0 Å². The SMILES string of the molecule is COCc1cnccc1Br. The Hall–Kier alpha value is -0.410. The van der Waals surface area contributed by atoms with Gasteiger partial charge in [-0.05, 0) is 6.07 Å². The van der Waals surface area contributed by atoms with Crippen molar-refractivity contribution >= 4 is 15.9 Å². The van der Waals surface area contributed by atoms with Crippen LogP contribution >= 0.6 is 15.9 Å². The molecule has 0 unspecified atom stereocenters. The van der Waals surface area contributed by atoms with Gasteiger partial charge in [-0.3, -0.25) is 4.98 Å². The van der Waals surface area contributed by atoms with Crippen molar-refractivity contribution in [1.82, 2.24) is 4.98 Å². The maximum atomic E-state index is 4.94. The van der Waals surface area contributed by atoms with Gasteiger partial charge in [-0.25, -0.2) is 0 Å². The molecule has 0 spiro atoms. The van der Waals surface area contributed by atoms with Gasteiger partial charge < -0.3 is 4.74 Å². The van der Waals surface area contributed by atoms with Crippen molar-refractivity contribution in [3.05, 3.63) is 28.5 Å². The van der Waals surface area contributed by atoms with E-state index in [2.05, 4.69) is 20.9 Å². The molecule has 10 heavy (non-hydrogen) atoms. The number of pyridine rings is 1. The van der Waals surface area contributed by atoms with Gasteiger partial charge >= 0.3 is 0 Å². The van der Waals surface area contributed by atoms with E-state index in [1.54, 1.807) is 19.5 Å². The highest BCUT2D eigenvalue weighted by molar-refractivity contribution is 9.10. The van der Waals surface area contributed by atoms with Gasteiger partial charge in [-0.2, -0.15) is 0 Å². The smallest absolute Gasteiger partial charge is 0.0739 e. The number of methoxy groups -OCH3 is 1. The Morgan fingerprint density at radius 1 is 1.70 bits per heavy atom. The number of ether oxygens (including phenoxy) is 1. The fraction of sp³-hybridized carbons (Fsp3) is 0.286.